The van der Waals surface area contributed by atoms with Gasteiger partial charge < -0.3 is 15.2 Å². The first-order chi connectivity index (χ1) is 8.61. The first-order valence-corrected chi connectivity index (χ1v) is 6.55. The second kappa shape index (κ2) is 5.67. The molecule has 0 spiro atoms. The molecule has 0 aliphatic heterocycles. The van der Waals surface area contributed by atoms with Crippen molar-refractivity contribution in [2.45, 2.75) is 38.2 Å². The monoisotopic (exact) mass is 250 g/mol. The van der Waals surface area contributed by atoms with E-state index in [2.05, 4.69) is 16.4 Å². The van der Waals surface area contributed by atoms with Crippen LogP contribution in [0, 0.1) is 0 Å². The second-order valence-corrected chi connectivity index (χ2v) is 5.25. The maximum atomic E-state index is 10.1. The van der Waals surface area contributed by atoms with E-state index in [1.165, 1.54) is 17.7 Å². The highest BCUT2D eigenvalue weighted by molar-refractivity contribution is 5.40. The molecule has 1 atom stereocenters. The molecule has 1 heterocycles. The van der Waals surface area contributed by atoms with Crippen LogP contribution in [0.4, 0.5) is 5.82 Å². The molecule has 0 fully saturated rings. The van der Waals surface area contributed by atoms with Gasteiger partial charge >= 0.3 is 0 Å². The molecule has 0 aromatic carbocycles. The third-order valence-electron chi connectivity index (χ3n) is 3.42. The van der Waals surface area contributed by atoms with Gasteiger partial charge in [0.15, 0.2) is 0 Å². The predicted molar refractivity (Wildman–Crippen MR) is 71.9 cm³/mol. The van der Waals surface area contributed by atoms with Crippen molar-refractivity contribution in [2.24, 2.45) is 0 Å². The molecule has 0 bridgehead atoms. The van der Waals surface area contributed by atoms with Gasteiger partial charge in [-0.1, -0.05) is 6.07 Å². The Morgan fingerprint density at radius 1 is 1.44 bits per heavy atom. The van der Waals surface area contributed by atoms with Crippen LogP contribution in [0.1, 0.15) is 31.0 Å². The van der Waals surface area contributed by atoms with Crippen LogP contribution in [0.25, 0.3) is 0 Å². The van der Waals surface area contributed by atoms with Crippen molar-refractivity contribution in [1.82, 2.24) is 4.98 Å². The highest BCUT2D eigenvalue weighted by Crippen LogP contribution is 2.22. The lowest BCUT2D eigenvalue weighted by molar-refractivity contribution is 0.0357. The lowest BCUT2D eigenvalue weighted by Gasteiger charge is -2.23. The first-order valence-electron chi connectivity index (χ1n) is 6.55. The topological polar surface area (TPSA) is 54.4 Å². The summed E-state index contributed by atoms with van der Waals surface area (Å²) in [6, 6.07) is 4.14. The standard InChI is InChI=1S/C14H22N2O2/c1-14(17,8-9-18-2)10-15-13-7-6-11-4-3-5-12(11)16-13/h6-7,17H,3-5,8-10H2,1-2H3,(H,15,16). The van der Waals surface area contributed by atoms with E-state index in [1.54, 1.807) is 7.11 Å². The summed E-state index contributed by atoms with van der Waals surface area (Å²) in [5.74, 6) is 0.855. The van der Waals surface area contributed by atoms with Crippen LogP contribution in [-0.4, -0.2) is 36.0 Å². The molecular weight excluding hydrogens is 228 g/mol. The number of aliphatic hydroxyl groups is 1. The molecule has 4 heteroatoms. The van der Waals surface area contributed by atoms with Crippen molar-refractivity contribution in [3.8, 4) is 0 Å². The maximum absolute atomic E-state index is 10.1. The molecule has 4 nitrogen and oxygen atoms in total. The van der Waals surface area contributed by atoms with Crippen molar-refractivity contribution < 1.29 is 9.84 Å². The van der Waals surface area contributed by atoms with Crippen molar-refractivity contribution in [3.05, 3.63) is 23.4 Å². The molecule has 0 amide bonds. The van der Waals surface area contributed by atoms with Crippen LogP contribution >= 0.6 is 0 Å². The van der Waals surface area contributed by atoms with Gasteiger partial charge in [-0.3, -0.25) is 0 Å². The van der Waals surface area contributed by atoms with E-state index in [4.69, 9.17) is 4.74 Å². The van der Waals surface area contributed by atoms with E-state index >= 15 is 0 Å². The Morgan fingerprint density at radius 2 is 2.28 bits per heavy atom. The number of rotatable bonds is 6. The van der Waals surface area contributed by atoms with Crippen LogP contribution in [0.2, 0.25) is 0 Å². The molecule has 18 heavy (non-hydrogen) atoms. The summed E-state index contributed by atoms with van der Waals surface area (Å²) in [6.45, 7) is 2.86. The number of anilines is 1. The Hall–Kier alpha value is -1.13. The van der Waals surface area contributed by atoms with E-state index in [0.29, 0.717) is 19.6 Å². The van der Waals surface area contributed by atoms with Gasteiger partial charge in [-0.15, -0.1) is 0 Å². The Balaban J connectivity index is 1.90. The molecule has 2 rings (SSSR count). The summed E-state index contributed by atoms with van der Waals surface area (Å²) >= 11 is 0. The Bertz CT molecular complexity index is 405. The number of hydrogen-bond acceptors (Lipinski definition) is 4. The number of methoxy groups -OCH3 is 1. The summed E-state index contributed by atoms with van der Waals surface area (Å²) < 4.78 is 4.99. The highest BCUT2D eigenvalue weighted by atomic mass is 16.5. The van der Waals surface area contributed by atoms with Gasteiger partial charge in [0.2, 0.25) is 0 Å². The third kappa shape index (κ3) is 3.43. The quantitative estimate of drug-likeness (QED) is 0.808. The SMILES string of the molecule is COCCC(C)(O)CNc1ccc2c(n1)CCC2. The molecule has 0 radical (unpaired) electrons. The van der Waals surface area contributed by atoms with E-state index in [0.717, 1.165) is 18.7 Å². The minimum Gasteiger partial charge on any atom is -0.388 e. The Labute approximate surface area is 108 Å². The summed E-state index contributed by atoms with van der Waals surface area (Å²) in [6.07, 6.45) is 4.04. The zero-order chi connectivity index (χ0) is 13.0. The van der Waals surface area contributed by atoms with Gasteiger partial charge in [0.05, 0.1) is 5.60 Å². The Morgan fingerprint density at radius 3 is 3.06 bits per heavy atom. The number of nitrogens with one attached hydrogen (secondary N) is 1. The molecule has 0 saturated heterocycles. The number of pyridine rings is 1. The van der Waals surface area contributed by atoms with Crippen molar-refractivity contribution in [2.75, 3.05) is 25.6 Å². The highest BCUT2D eigenvalue weighted by Gasteiger charge is 2.20. The molecule has 1 unspecified atom stereocenters. The fourth-order valence-corrected chi connectivity index (χ4v) is 2.21. The first kappa shape index (κ1) is 13.3. The second-order valence-electron chi connectivity index (χ2n) is 5.25. The van der Waals surface area contributed by atoms with Gasteiger partial charge in [-0.2, -0.15) is 0 Å². The largest absolute Gasteiger partial charge is 0.388 e. The fraction of sp³-hybridized carbons (Fsp3) is 0.643. The molecule has 1 aliphatic rings. The van der Waals surface area contributed by atoms with E-state index in [1.807, 2.05) is 13.0 Å². The normalized spacial score (nSPS) is 17.3. The van der Waals surface area contributed by atoms with Crippen LogP contribution in [0.15, 0.2) is 12.1 Å². The molecule has 100 valence electrons. The van der Waals surface area contributed by atoms with Crippen LogP contribution in [0.5, 0.6) is 0 Å². The van der Waals surface area contributed by atoms with Crippen molar-refractivity contribution >= 4 is 5.82 Å². The van der Waals surface area contributed by atoms with Crippen LogP contribution in [0.3, 0.4) is 0 Å². The molecule has 1 aliphatic carbocycles. The lowest BCUT2D eigenvalue weighted by Crippen LogP contribution is -2.34. The van der Waals surface area contributed by atoms with Gasteiger partial charge in [0.1, 0.15) is 5.82 Å². The van der Waals surface area contributed by atoms with Gasteiger partial charge in [-0.05, 0) is 37.8 Å². The number of ether oxygens (including phenoxy) is 1. The molecule has 0 saturated carbocycles. The smallest absolute Gasteiger partial charge is 0.126 e. The zero-order valence-electron chi connectivity index (χ0n) is 11.2. The molecule has 1 aromatic heterocycles. The van der Waals surface area contributed by atoms with Crippen molar-refractivity contribution in [3.63, 3.8) is 0 Å². The number of aromatic nitrogens is 1. The van der Waals surface area contributed by atoms with E-state index in [9.17, 15) is 5.11 Å². The van der Waals surface area contributed by atoms with E-state index < -0.39 is 5.60 Å². The average molecular weight is 250 g/mol. The third-order valence-corrected chi connectivity index (χ3v) is 3.42. The van der Waals surface area contributed by atoms with Crippen molar-refractivity contribution in [1.29, 1.82) is 0 Å². The fourth-order valence-electron chi connectivity index (χ4n) is 2.21. The summed E-state index contributed by atoms with van der Waals surface area (Å²) in [4.78, 5) is 4.58. The summed E-state index contributed by atoms with van der Waals surface area (Å²) in [7, 11) is 1.64. The molecular formula is C14H22N2O2. The summed E-state index contributed by atoms with van der Waals surface area (Å²) in [5, 5.41) is 13.3. The molecule has 1 aromatic rings. The zero-order valence-corrected chi connectivity index (χ0v) is 11.2. The van der Waals surface area contributed by atoms with Gasteiger partial charge in [0.25, 0.3) is 0 Å². The number of hydrogen-bond donors (Lipinski definition) is 2. The number of fused-ring (bicyclic) bond motifs is 1. The lowest BCUT2D eigenvalue weighted by atomic mass is 10.0. The minimum atomic E-state index is -0.767. The predicted octanol–water partition coefficient (Wildman–Crippen LogP) is 1.77. The van der Waals surface area contributed by atoms with Gasteiger partial charge in [0, 0.05) is 32.4 Å². The Kier molecular flexibility index (Phi) is 4.19. The van der Waals surface area contributed by atoms with Gasteiger partial charge in [-0.25, -0.2) is 4.98 Å². The number of aryl methyl sites for hydroxylation is 2. The number of nitrogens with zero attached hydrogens (tertiary/aromatic N) is 1. The van der Waals surface area contributed by atoms with E-state index in [-0.39, 0.29) is 0 Å². The average Bonchev–Trinajstić information content (AvgIpc) is 2.81. The van der Waals surface area contributed by atoms with Crippen LogP contribution < -0.4 is 5.32 Å². The molecule has 2 N–H and O–H groups in total. The minimum absolute atomic E-state index is 0.488. The van der Waals surface area contributed by atoms with Crippen LogP contribution in [-0.2, 0) is 17.6 Å². The maximum Gasteiger partial charge on any atom is 0.126 e. The summed E-state index contributed by atoms with van der Waals surface area (Å²) in [5.41, 5.74) is 1.81.